The van der Waals surface area contributed by atoms with Gasteiger partial charge >= 0.3 is 0 Å². The molecule has 0 unspecified atom stereocenters. The maximum absolute atomic E-state index is 12.9. The Bertz CT molecular complexity index is 1090. The number of hydrogen-bond acceptors (Lipinski definition) is 3. The maximum atomic E-state index is 12.9. The summed E-state index contributed by atoms with van der Waals surface area (Å²) in [6, 6.07) is 14.6. The number of carbonyl (C=O) groups is 2. The van der Waals surface area contributed by atoms with Gasteiger partial charge in [-0.15, -0.1) is 0 Å². The van der Waals surface area contributed by atoms with Gasteiger partial charge in [0, 0.05) is 22.5 Å². The van der Waals surface area contributed by atoms with Gasteiger partial charge in [-0.3, -0.25) is 9.59 Å². The van der Waals surface area contributed by atoms with Crippen LogP contribution < -0.4 is 5.32 Å². The summed E-state index contributed by atoms with van der Waals surface area (Å²) in [5, 5.41) is 7.33. The molecular formula is C26H31N3O2. The highest BCUT2D eigenvalue weighted by atomic mass is 16.2. The van der Waals surface area contributed by atoms with Gasteiger partial charge in [0.05, 0.1) is 5.69 Å². The first-order valence-electron chi connectivity index (χ1n) is 10.7. The molecule has 0 saturated heterocycles. The zero-order valence-electron chi connectivity index (χ0n) is 19.2. The fourth-order valence-corrected chi connectivity index (χ4v) is 3.63. The number of anilines is 1. The van der Waals surface area contributed by atoms with Crippen molar-refractivity contribution in [3.63, 3.8) is 0 Å². The van der Waals surface area contributed by atoms with E-state index in [1.165, 1.54) is 10.2 Å². The molecule has 0 fully saturated rings. The first-order valence-corrected chi connectivity index (χ1v) is 10.7. The molecule has 5 heteroatoms. The van der Waals surface area contributed by atoms with Gasteiger partial charge in [0.2, 0.25) is 0 Å². The van der Waals surface area contributed by atoms with Gasteiger partial charge in [-0.05, 0) is 73.2 Å². The molecule has 1 amide bonds. The summed E-state index contributed by atoms with van der Waals surface area (Å²) in [7, 11) is 0. The second kappa shape index (κ2) is 8.88. The van der Waals surface area contributed by atoms with E-state index >= 15 is 0 Å². The van der Waals surface area contributed by atoms with Crippen LogP contribution in [0.1, 0.15) is 77.3 Å². The van der Waals surface area contributed by atoms with E-state index in [0.29, 0.717) is 16.8 Å². The van der Waals surface area contributed by atoms with E-state index in [1.807, 2.05) is 38.1 Å². The van der Waals surface area contributed by atoms with E-state index < -0.39 is 0 Å². The predicted molar refractivity (Wildman–Crippen MR) is 125 cm³/mol. The van der Waals surface area contributed by atoms with Crippen molar-refractivity contribution in [2.45, 2.75) is 59.8 Å². The molecule has 0 saturated carbocycles. The van der Waals surface area contributed by atoms with Crippen LogP contribution in [0, 0.1) is 13.8 Å². The van der Waals surface area contributed by atoms with E-state index in [4.69, 9.17) is 0 Å². The molecule has 0 atom stereocenters. The number of aromatic nitrogens is 2. The van der Waals surface area contributed by atoms with Gasteiger partial charge in [-0.1, -0.05) is 46.2 Å². The molecule has 0 aliphatic rings. The van der Waals surface area contributed by atoms with Crippen LogP contribution in [-0.4, -0.2) is 21.6 Å². The van der Waals surface area contributed by atoms with Gasteiger partial charge in [0.25, 0.3) is 11.8 Å². The minimum Gasteiger partial charge on any atom is -0.322 e. The smallest absolute Gasteiger partial charge is 0.278 e. The van der Waals surface area contributed by atoms with Crippen molar-refractivity contribution in [1.29, 1.82) is 0 Å². The van der Waals surface area contributed by atoms with Crippen molar-refractivity contribution in [1.82, 2.24) is 9.78 Å². The van der Waals surface area contributed by atoms with Crippen LogP contribution in [0.25, 0.3) is 0 Å². The number of hydrogen-bond donors (Lipinski definition) is 1. The number of nitrogens with one attached hydrogen (secondary N) is 1. The van der Waals surface area contributed by atoms with Crippen LogP contribution in [0.5, 0.6) is 0 Å². The summed E-state index contributed by atoms with van der Waals surface area (Å²) in [5.41, 5.74) is 5.91. The third-order valence-electron chi connectivity index (χ3n) is 5.54. The molecule has 1 heterocycles. The second-order valence-corrected chi connectivity index (χ2v) is 8.98. The number of amides is 1. The van der Waals surface area contributed by atoms with Crippen molar-refractivity contribution >= 4 is 17.5 Å². The number of carbonyl (C=O) groups excluding carboxylic acids is 2. The van der Waals surface area contributed by atoms with Gasteiger partial charge in [0.15, 0.2) is 0 Å². The van der Waals surface area contributed by atoms with E-state index in [9.17, 15) is 9.59 Å². The molecule has 1 aromatic heterocycles. The molecule has 31 heavy (non-hydrogen) atoms. The highest BCUT2D eigenvalue weighted by molar-refractivity contribution is 6.04. The Morgan fingerprint density at radius 2 is 1.52 bits per heavy atom. The molecule has 5 nitrogen and oxygen atoms in total. The first-order chi connectivity index (χ1) is 14.6. The number of rotatable bonds is 5. The molecule has 3 rings (SSSR count). The third kappa shape index (κ3) is 4.93. The molecule has 162 valence electrons. The van der Waals surface area contributed by atoms with Crippen LogP contribution in [0.4, 0.5) is 5.69 Å². The molecule has 1 N–H and O–H groups in total. The van der Waals surface area contributed by atoms with Crippen molar-refractivity contribution < 1.29 is 9.59 Å². The number of aryl methyl sites for hydroxylation is 1. The van der Waals surface area contributed by atoms with Crippen molar-refractivity contribution in [3.8, 4) is 0 Å². The lowest BCUT2D eigenvalue weighted by Crippen LogP contribution is -2.16. The van der Waals surface area contributed by atoms with Gasteiger partial charge < -0.3 is 5.32 Å². The normalized spacial score (nSPS) is 11.4. The average Bonchev–Trinajstić information content (AvgIpc) is 3.02. The summed E-state index contributed by atoms with van der Waals surface area (Å²) in [4.78, 5) is 25.5. The fourth-order valence-electron chi connectivity index (χ4n) is 3.63. The monoisotopic (exact) mass is 417 g/mol. The molecular weight excluding hydrogens is 386 g/mol. The summed E-state index contributed by atoms with van der Waals surface area (Å²) in [5.74, 6) is -0.346. The lowest BCUT2D eigenvalue weighted by atomic mass is 9.87. The summed E-state index contributed by atoms with van der Waals surface area (Å²) < 4.78 is 1.48. The Kier molecular flexibility index (Phi) is 6.44. The highest BCUT2D eigenvalue weighted by Gasteiger charge is 2.18. The SMILES string of the molecule is CCCc1c(C)nn(C(=O)c2ccc(NC(=O)c3ccc(C(C)(C)C)cc3)cc2)c1C. The maximum Gasteiger partial charge on any atom is 0.278 e. The number of nitrogens with zero attached hydrogens (tertiary/aromatic N) is 2. The van der Waals surface area contributed by atoms with E-state index in [0.717, 1.165) is 29.8 Å². The first kappa shape index (κ1) is 22.5. The second-order valence-electron chi connectivity index (χ2n) is 8.98. The topological polar surface area (TPSA) is 64.0 Å². The lowest BCUT2D eigenvalue weighted by Gasteiger charge is -2.19. The van der Waals surface area contributed by atoms with Crippen LogP contribution in [0.15, 0.2) is 48.5 Å². The van der Waals surface area contributed by atoms with Crippen LogP contribution in [0.2, 0.25) is 0 Å². The minimum atomic E-state index is -0.178. The molecule has 3 aromatic rings. The van der Waals surface area contributed by atoms with E-state index in [-0.39, 0.29) is 17.2 Å². The Hall–Kier alpha value is -3.21. The van der Waals surface area contributed by atoms with Crippen LogP contribution in [0.3, 0.4) is 0 Å². The van der Waals surface area contributed by atoms with Gasteiger partial charge in [-0.25, -0.2) is 4.68 Å². The average molecular weight is 418 g/mol. The van der Waals surface area contributed by atoms with Crippen molar-refractivity contribution in [3.05, 3.63) is 82.2 Å². The summed E-state index contributed by atoms with van der Waals surface area (Å²) >= 11 is 0. The van der Waals surface area contributed by atoms with Gasteiger partial charge in [0.1, 0.15) is 0 Å². The van der Waals surface area contributed by atoms with Gasteiger partial charge in [-0.2, -0.15) is 5.10 Å². The van der Waals surface area contributed by atoms with Crippen molar-refractivity contribution in [2.75, 3.05) is 5.32 Å². The van der Waals surface area contributed by atoms with Crippen molar-refractivity contribution in [2.24, 2.45) is 0 Å². The summed E-state index contributed by atoms with van der Waals surface area (Å²) in [6.45, 7) is 12.4. The van der Waals surface area contributed by atoms with E-state index in [2.05, 4.69) is 38.1 Å². The minimum absolute atomic E-state index is 0.0418. The van der Waals surface area contributed by atoms with Crippen LogP contribution >= 0.6 is 0 Å². The zero-order chi connectivity index (χ0) is 22.8. The Morgan fingerprint density at radius 1 is 0.935 bits per heavy atom. The molecule has 0 aliphatic carbocycles. The lowest BCUT2D eigenvalue weighted by molar-refractivity contribution is 0.0941. The largest absolute Gasteiger partial charge is 0.322 e. The molecule has 0 spiro atoms. The van der Waals surface area contributed by atoms with Crippen LogP contribution in [-0.2, 0) is 11.8 Å². The molecule has 0 radical (unpaired) electrons. The fraction of sp³-hybridized carbons (Fsp3) is 0.346. The number of benzene rings is 2. The highest BCUT2D eigenvalue weighted by Crippen LogP contribution is 2.23. The molecule has 2 aromatic carbocycles. The standard InChI is InChI=1S/C26H31N3O2/c1-7-8-23-17(2)28-29(18(23)3)25(31)20-11-15-22(16-12-20)27-24(30)19-9-13-21(14-10-19)26(4,5)6/h9-16H,7-8H2,1-6H3,(H,27,30). The Balaban J connectivity index is 1.72. The Morgan fingerprint density at radius 3 is 2.06 bits per heavy atom. The molecule has 0 bridgehead atoms. The third-order valence-corrected chi connectivity index (χ3v) is 5.54. The predicted octanol–water partition coefficient (Wildman–Crippen LogP) is 5.69. The molecule has 0 aliphatic heterocycles. The summed E-state index contributed by atoms with van der Waals surface area (Å²) in [6.07, 6.45) is 1.92. The Labute approximate surface area is 184 Å². The quantitative estimate of drug-likeness (QED) is 0.580. The van der Waals surface area contributed by atoms with E-state index in [1.54, 1.807) is 24.3 Å². The zero-order valence-corrected chi connectivity index (χ0v) is 19.2.